The van der Waals surface area contributed by atoms with E-state index in [4.69, 9.17) is 5.73 Å². The van der Waals surface area contributed by atoms with Crippen molar-refractivity contribution in [2.45, 2.75) is 38.6 Å². The smallest absolute Gasteiger partial charge is 0.222 e. The first-order valence-corrected chi connectivity index (χ1v) is 7.11. The number of likely N-dealkylation sites (tertiary alicyclic amines) is 1. The van der Waals surface area contributed by atoms with E-state index < -0.39 is 0 Å². The Morgan fingerprint density at radius 3 is 3.12 bits per heavy atom. The molecule has 94 valence electrons. The lowest BCUT2D eigenvalue weighted by molar-refractivity contribution is -0.132. The van der Waals surface area contributed by atoms with E-state index in [2.05, 4.69) is 18.4 Å². The third-order valence-electron chi connectivity index (χ3n) is 3.34. The molecule has 3 nitrogen and oxygen atoms in total. The topological polar surface area (TPSA) is 46.3 Å². The molecule has 1 unspecified atom stereocenters. The van der Waals surface area contributed by atoms with Crippen LogP contribution >= 0.6 is 11.3 Å². The first-order valence-electron chi connectivity index (χ1n) is 6.23. The van der Waals surface area contributed by atoms with Crippen LogP contribution in [-0.4, -0.2) is 29.9 Å². The Morgan fingerprint density at radius 1 is 1.65 bits per heavy atom. The minimum absolute atomic E-state index is 0.177. The summed E-state index contributed by atoms with van der Waals surface area (Å²) in [6, 6.07) is 2.29. The Morgan fingerprint density at radius 2 is 2.47 bits per heavy atom. The van der Waals surface area contributed by atoms with Crippen LogP contribution in [0.1, 0.15) is 29.7 Å². The fourth-order valence-electron chi connectivity index (χ4n) is 2.28. The molecule has 1 fully saturated rings. The molecule has 17 heavy (non-hydrogen) atoms. The number of piperidine rings is 1. The molecule has 2 rings (SSSR count). The molecule has 2 heterocycles. The van der Waals surface area contributed by atoms with Crippen molar-refractivity contribution in [3.8, 4) is 0 Å². The predicted molar refractivity (Wildman–Crippen MR) is 71.2 cm³/mol. The van der Waals surface area contributed by atoms with Gasteiger partial charge >= 0.3 is 0 Å². The summed E-state index contributed by atoms with van der Waals surface area (Å²) in [5.74, 6) is 0.257. The summed E-state index contributed by atoms with van der Waals surface area (Å²) in [4.78, 5) is 15.3. The third kappa shape index (κ3) is 3.30. The molecule has 0 aromatic carbocycles. The van der Waals surface area contributed by atoms with Crippen LogP contribution in [0.2, 0.25) is 0 Å². The Kier molecular flexibility index (Phi) is 4.18. The van der Waals surface area contributed by atoms with Crippen LogP contribution in [0.3, 0.4) is 0 Å². The van der Waals surface area contributed by atoms with E-state index in [1.807, 2.05) is 4.90 Å². The van der Waals surface area contributed by atoms with E-state index in [1.165, 1.54) is 10.4 Å². The SMILES string of the molecule is Cc1ccsc1CCC(=O)N1CCCC(N)C1. The molecular weight excluding hydrogens is 232 g/mol. The van der Waals surface area contributed by atoms with Crippen LogP contribution in [-0.2, 0) is 11.2 Å². The van der Waals surface area contributed by atoms with Crippen LogP contribution in [0.15, 0.2) is 11.4 Å². The summed E-state index contributed by atoms with van der Waals surface area (Å²) in [6.45, 7) is 3.73. The van der Waals surface area contributed by atoms with Crippen LogP contribution < -0.4 is 5.73 Å². The summed E-state index contributed by atoms with van der Waals surface area (Å²) in [5.41, 5.74) is 7.19. The van der Waals surface area contributed by atoms with Gasteiger partial charge in [0.25, 0.3) is 0 Å². The number of rotatable bonds is 3. The molecule has 0 aliphatic carbocycles. The molecule has 1 saturated heterocycles. The fraction of sp³-hybridized carbons (Fsp3) is 0.615. The number of carbonyl (C=O) groups is 1. The van der Waals surface area contributed by atoms with Crippen LogP contribution in [0.5, 0.6) is 0 Å². The number of nitrogens with zero attached hydrogens (tertiary/aromatic N) is 1. The van der Waals surface area contributed by atoms with Crippen molar-refractivity contribution < 1.29 is 4.79 Å². The van der Waals surface area contributed by atoms with Gasteiger partial charge in [-0.2, -0.15) is 0 Å². The molecule has 2 N–H and O–H groups in total. The molecule has 0 radical (unpaired) electrons. The number of nitrogens with two attached hydrogens (primary N) is 1. The van der Waals surface area contributed by atoms with Crippen LogP contribution in [0, 0.1) is 6.92 Å². The highest BCUT2D eigenvalue weighted by molar-refractivity contribution is 7.10. The van der Waals surface area contributed by atoms with Crippen molar-refractivity contribution in [1.29, 1.82) is 0 Å². The van der Waals surface area contributed by atoms with Gasteiger partial charge in [-0.05, 0) is 43.2 Å². The van der Waals surface area contributed by atoms with Crippen molar-refractivity contribution in [1.82, 2.24) is 4.90 Å². The Labute approximate surface area is 107 Å². The van der Waals surface area contributed by atoms with E-state index in [1.54, 1.807) is 11.3 Å². The summed E-state index contributed by atoms with van der Waals surface area (Å²) >= 11 is 1.74. The Balaban J connectivity index is 1.83. The van der Waals surface area contributed by atoms with Gasteiger partial charge in [-0.3, -0.25) is 4.79 Å². The Hall–Kier alpha value is -0.870. The average Bonchev–Trinajstić information content (AvgIpc) is 2.72. The highest BCUT2D eigenvalue weighted by Crippen LogP contribution is 2.18. The fourth-order valence-corrected chi connectivity index (χ4v) is 3.19. The predicted octanol–water partition coefficient (Wildman–Crippen LogP) is 1.94. The van der Waals surface area contributed by atoms with Gasteiger partial charge in [0.05, 0.1) is 0 Å². The molecule has 1 atom stereocenters. The normalized spacial score (nSPS) is 20.6. The van der Waals surface area contributed by atoms with E-state index >= 15 is 0 Å². The number of carbonyl (C=O) groups excluding carboxylic acids is 1. The Bertz CT molecular complexity index is 389. The second-order valence-electron chi connectivity index (χ2n) is 4.77. The lowest BCUT2D eigenvalue weighted by atomic mass is 10.1. The third-order valence-corrected chi connectivity index (χ3v) is 4.43. The summed E-state index contributed by atoms with van der Waals surface area (Å²) in [5, 5.41) is 2.09. The molecule has 1 aliphatic rings. The van der Waals surface area contributed by atoms with Crippen molar-refractivity contribution in [2.24, 2.45) is 5.73 Å². The van der Waals surface area contributed by atoms with Crippen molar-refractivity contribution in [3.05, 3.63) is 21.9 Å². The molecule has 1 amide bonds. The zero-order valence-electron chi connectivity index (χ0n) is 10.3. The van der Waals surface area contributed by atoms with Crippen LogP contribution in [0.4, 0.5) is 0 Å². The van der Waals surface area contributed by atoms with Gasteiger partial charge in [-0.15, -0.1) is 11.3 Å². The van der Waals surface area contributed by atoms with E-state index in [0.717, 1.165) is 32.4 Å². The maximum Gasteiger partial charge on any atom is 0.222 e. The van der Waals surface area contributed by atoms with Crippen molar-refractivity contribution in [2.75, 3.05) is 13.1 Å². The van der Waals surface area contributed by atoms with E-state index in [9.17, 15) is 4.79 Å². The standard InChI is InChI=1S/C13H20N2OS/c1-10-6-8-17-12(10)4-5-13(16)15-7-2-3-11(14)9-15/h6,8,11H,2-5,7,9,14H2,1H3. The first kappa shape index (κ1) is 12.6. The molecule has 0 bridgehead atoms. The number of aryl methyl sites for hydroxylation is 2. The van der Waals surface area contributed by atoms with Gasteiger partial charge in [0, 0.05) is 30.4 Å². The quantitative estimate of drug-likeness (QED) is 0.893. The second kappa shape index (κ2) is 5.65. The molecule has 1 aromatic heterocycles. The number of amides is 1. The minimum atomic E-state index is 0.177. The first-order chi connectivity index (χ1) is 8.16. The molecule has 1 aromatic rings. The average molecular weight is 252 g/mol. The summed E-state index contributed by atoms with van der Waals surface area (Å²) < 4.78 is 0. The van der Waals surface area contributed by atoms with Gasteiger partial charge in [-0.1, -0.05) is 0 Å². The largest absolute Gasteiger partial charge is 0.341 e. The molecule has 0 spiro atoms. The van der Waals surface area contributed by atoms with Gasteiger partial charge in [0.15, 0.2) is 0 Å². The second-order valence-corrected chi connectivity index (χ2v) is 5.77. The highest BCUT2D eigenvalue weighted by Gasteiger charge is 2.20. The van der Waals surface area contributed by atoms with E-state index in [0.29, 0.717) is 6.42 Å². The van der Waals surface area contributed by atoms with Gasteiger partial charge < -0.3 is 10.6 Å². The molecule has 0 saturated carbocycles. The number of hydrogen-bond acceptors (Lipinski definition) is 3. The maximum absolute atomic E-state index is 12.0. The number of hydrogen-bond donors (Lipinski definition) is 1. The van der Waals surface area contributed by atoms with Crippen molar-refractivity contribution in [3.63, 3.8) is 0 Å². The summed E-state index contributed by atoms with van der Waals surface area (Å²) in [7, 11) is 0. The number of thiophene rings is 1. The summed E-state index contributed by atoms with van der Waals surface area (Å²) in [6.07, 6.45) is 3.58. The monoisotopic (exact) mass is 252 g/mol. The van der Waals surface area contributed by atoms with Crippen molar-refractivity contribution >= 4 is 17.2 Å². The lowest BCUT2D eigenvalue weighted by Crippen LogP contribution is -2.45. The van der Waals surface area contributed by atoms with Gasteiger partial charge in [0.1, 0.15) is 0 Å². The zero-order chi connectivity index (χ0) is 12.3. The maximum atomic E-state index is 12.0. The lowest BCUT2D eigenvalue weighted by Gasteiger charge is -2.30. The highest BCUT2D eigenvalue weighted by atomic mass is 32.1. The van der Waals surface area contributed by atoms with Gasteiger partial charge in [0.2, 0.25) is 5.91 Å². The molecule has 1 aliphatic heterocycles. The van der Waals surface area contributed by atoms with Gasteiger partial charge in [-0.25, -0.2) is 0 Å². The minimum Gasteiger partial charge on any atom is -0.341 e. The molecular formula is C13H20N2OS. The zero-order valence-corrected chi connectivity index (χ0v) is 11.1. The molecule has 4 heteroatoms. The van der Waals surface area contributed by atoms with Crippen LogP contribution in [0.25, 0.3) is 0 Å². The van der Waals surface area contributed by atoms with E-state index in [-0.39, 0.29) is 11.9 Å².